The van der Waals surface area contributed by atoms with Gasteiger partial charge in [-0.05, 0) is 25.0 Å². The van der Waals surface area contributed by atoms with E-state index in [0.717, 1.165) is 5.69 Å². The Bertz CT molecular complexity index is 377. The molecule has 1 saturated carbocycles. The SMILES string of the molecule is CC1(c2ccc(C(N)=O)cn2)CCCCC1. The number of aromatic nitrogens is 1. The molecule has 1 amide bonds. The van der Waals surface area contributed by atoms with E-state index in [0.29, 0.717) is 5.56 Å². The van der Waals surface area contributed by atoms with Crippen LogP contribution in [0.4, 0.5) is 0 Å². The molecule has 0 bridgehead atoms. The molecule has 0 unspecified atom stereocenters. The lowest BCUT2D eigenvalue weighted by molar-refractivity contribution is 0.1000. The largest absolute Gasteiger partial charge is 0.366 e. The summed E-state index contributed by atoms with van der Waals surface area (Å²) in [5.41, 5.74) is 6.97. The zero-order valence-corrected chi connectivity index (χ0v) is 9.70. The molecule has 2 N–H and O–H groups in total. The molecule has 16 heavy (non-hydrogen) atoms. The molecule has 0 radical (unpaired) electrons. The van der Waals surface area contributed by atoms with Crippen LogP contribution in [0.5, 0.6) is 0 Å². The number of pyridine rings is 1. The summed E-state index contributed by atoms with van der Waals surface area (Å²) in [7, 11) is 0. The third-order valence-corrected chi connectivity index (χ3v) is 3.62. The number of rotatable bonds is 2. The first-order valence-corrected chi connectivity index (χ1v) is 5.88. The van der Waals surface area contributed by atoms with E-state index in [2.05, 4.69) is 11.9 Å². The Hall–Kier alpha value is -1.38. The molecule has 0 aliphatic heterocycles. The molecule has 1 heterocycles. The van der Waals surface area contributed by atoms with Gasteiger partial charge in [0.2, 0.25) is 5.91 Å². The smallest absolute Gasteiger partial charge is 0.250 e. The molecule has 1 aliphatic rings. The second-order valence-corrected chi connectivity index (χ2v) is 4.92. The zero-order valence-electron chi connectivity index (χ0n) is 9.70. The van der Waals surface area contributed by atoms with E-state index in [1.807, 2.05) is 6.07 Å². The molecule has 3 heteroatoms. The summed E-state index contributed by atoms with van der Waals surface area (Å²) in [6.07, 6.45) is 7.85. The molecule has 0 saturated heterocycles. The van der Waals surface area contributed by atoms with E-state index in [1.165, 1.54) is 32.1 Å². The fraction of sp³-hybridized carbons (Fsp3) is 0.538. The first kappa shape index (κ1) is 11.1. The molecular formula is C13H18N2O. The first-order chi connectivity index (χ1) is 7.62. The lowest BCUT2D eigenvalue weighted by Crippen LogP contribution is -2.26. The molecular weight excluding hydrogens is 200 g/mol. The highest BCUT2D eigenvalue weighted by Gasteiger charge is 2.29. The number of hydrogen-bond acceptors (Lipinski definition) is 2. The van der Waals surface area contributed by atoms with E-state index in [-0.39, 0.29) is 5.41 Å². The Labute approximate surface area is 96.1 Å². The van der Waals surface area contributed by atoms with Gasteiger partial charge in [0.15, 0.2) is 0 Å². The normalized spacial score (nSPS) is 19.3. The topological polar surface area (TPSA) is 56.0 Å². The van der Waals surface area contributed by atoms with Crippen LogP contribution in [0.25, 0.3) is 0 Å². The van der Waals surface area contributed by atoms with E-state index in [1.54, 1.807) is 12.3 Å². The van der Waals surface area contributed by atoms with Gasteiger partial charge in [0.25, 0.3) is 0 Å². The molecule has 1 aromatic heterocycles. The molecule has 2 rings (SSSR count). The van der Waals surface area contributed by atoms with Crippen molar-refractivity contribution in [1.82, 2.24) is 4.98 Å². The molecule has 1 aliphatic carbocycles. The summed E-state index contributed by atoms with van der Waals surface area (Å²) < 4.78 is 0. The molecule has 1 fully saturated rings. The Morgan fingerprint density at radius 2 is 2.00 bits per heavy atom. The highest BCUT2D eigenvalue weighted by molar-refractivity contribution is 5.92. The fourth-order valence-electron chi connectivity index (χ4n) is 2.48. The third-order valence-electron chi connectivity index (χ3n) is 3.62. The predicted octanol–water partition coefficient (Wildman–Crippen LogP) is 2.40. The maximum Gasteiger partial charge on any atom is 0.250 e. The summed E-state index contributed by atoms with van der Waals surface area (Å²) >= 11 is 0. The van der Waals surface area contributed by atoms with Gasteiger partial charge in [-0.3, -0.25) is 9.78 Å². The van der Waals surface area contributed by atoms with E-state index in [4.69, 9.17) is 5.73 Å². The molecule has 0 aromatic carbocycles. The summed E-state index contributed by atoms with van der Waals surface area (Å²) in [6.45, 7) is 2.26. The minimum Gasteiger partial charge on any atom is -0.366 e. The number of carbonyl (C=O) groups excluding carboxylic acids is 1. The molecule has 86 valence electrons. The van der Waals surface area contributed by atoms with Gasteiger partial charge in [0.05, 0.1) is 5.56 Å². The summed E-state index contributed by atoms with van der Waals surface area (Å²) in [5, 5.41) is 0. The van der Waals surface area contributed by atoms with Crippen molar-refractivity contribution in [3.8, 4) is 0 Å². The Balaban J connectivity index is 2.23. The van der Waals surface area contributed by atoms with Gasteiger partial charge in [0, 0.05) is 17.3 Å². The van der Waals surface area contributed by atoms with Crippen LogP contribution in [0.15, 0.2) is 18.3 Å². The molecule has 3 nitrogen and oxygen atoms in total. The number of nitrogens with two attached hydrogens (primary N) is 1. The lowest BCUT2D eigenvalue weighted by Gasteiger charge is -2.33. The van der Waals surface area contributed by atoms with Gasteiger partial charge in [-0.15, -0.1) is 0 Å². The van der Waals surface area contributed by atoms with E-state index < -0.39 is 5.91 Å². The summed E-state index contributed by atoms with van der Waals surface area (Å²) in [5.74, 6) is -0.409. The van der Waals surface area contributed by atoms with Crippen molar-refractivity contribution in [1.29, 1.82) is 0 Å². The number of hydrogen-bond donors (Lipinski definition) is 1. The maximum absolute atomic E-state index is 11.0. The van der Waals surface area contributed by atoms with Crippen molar-refractivity contribution in [2.75, 3.05) is 0 Å². The minimum absolute atomic E-state index is 0.189. The van der Waals surface area contributed by atoms with Crippen LogP contribution >= 0.6 is 0 Å². The van der Waals surface area contributed by atoms with Crippen LogP contribution in [0.1, 0.15) is 55.1 Å². The average Bonchev–Trinajstić information content (AvgIpc) is 2.30. The van der Waals surface area contributed by atoms with Crippen molar-refractivity contribution < 1.29 is 4.79 Å². The highest BCUT2D eigenvalue weighted by Crippen LogP contribution is 2.37. The van der Waals surface area contributed by atoms with Gasteiger partial charge in [0.1, 0.15) is 0 Å². The van der Waals surface area contributed by atoms with Crippen LogP contribution in [0.3, 0.4) is 0 Å². The standard InChI is InChI=1S/C13H18N2O/c1-13(7-3-2-4-8-13)11-6-5-10(9-15-11)12(14)16/h5-6,9H,2-4,7-8H2,1H3,(H2,14,16). The Morgan fingerprint density at radius 3 is 2.50 bits per heavy atom. The minimum atomic E-state index is -0.409. The second-order valence-electron chi connectivity index (χ2n) is 4.92. The lowest BCUT2D eigenvalue weighted by atomic mass is 9.73. The van der Waals surface area contributed by atoms with Gasteiger partial charge in [-0.25, -0.2) is 0 Å². The molecule has 1 aromatic rings. The highest BCUT2D eigenvalue weighted by atomic mass is 16.1. The molecule has 0 spiro atoms. The number of nitrogens with zero attached hydrogens (tertiary/aromatic N) is 1. The molecule has 0 atom stereocenters. The summed E-state index contributed by atoms with van der Waals surface area (Å²) in [4.78, 5) is 15.3. The predicted molar refractivity (Wildman–Crippen MR) is 63.2 cm³/mol. The van der Waals surface area contributed by atoms with Crippen molar-refractivity contribution in [2.24, 2.45) is 5.73 Å². The number of carbonyl (C=O) groups is 1. The third kappa shape index (κ3) is 2.08. The fourth-order valence-corrected chi connectivity index (χ4v) is 2.48. The number of amides is 1. The van der Waals surface area contributed by atoms with Crippen molar-refractivity contribution in [3.05, 3.63) is 29.6 Å². The van der Waals surface area contributed by atoms with Gasteiger partial charge >= 0.3 is 0 Å². The second kappa shape index (κ2) is 4.24. The van der Waals surface area contributed by atoms with Crippen LogP contribution < -0.4 is 5.73 Å². The Morgan fingerprint density at radius 1 is 1.31 bits per heavy atom. The van der Waals surface area contributed by atoms with Crippen molar-refractivity contribution >= 4 is 5.91 Å². The van der Waals surface area contributed by atoms with Crippen molar-refractivity contribution in [2.45, 2.75) is 44.4 Å². The van der Waals surface area contributed by atoms with Crippen molar-refractivity contribution in [3.63, 3.8) is 0 Å². The van der Waals surface area contributed by atoms with Gasteiger partial charge in [-0.1, -0.05) is 26.2 Å². The van der Waals surface area contributed by atoms with Gasteiger partial charge < -0.3 is 5.73 Å². The zero-order chi connectivity index (χ0) is 11.6. The van der Waals surface area contributed by atoms with E-state index >= 15 is 0 Å². The van der Waals surface area contributed by atoms with Crippen LogP contribution in [0, 0.1) is 0 Å². The van der Waals surface area contributed by atoms with Crippen LogP contribution in [0.2, 0.25) is 0 Å². The van der Waals surface area contributed by atoms with Crippen LogP contribution in [-0.4, -0.2) is 10.9 Å². The average molecular weight is 218 g/mol. The Kier molecular flexibility index (Phi) is 2.95. The number of primary amides is 1. The van der Waals surface area contributed by atoms with E-state index in [9.17, 15) is 4.79 Å². The first-order valence-electron chi connectivity index (χ1n) is 5.88. The summed E-state index contributed by atoms with van der Waals surface area (Å²) in [6, 6.07) is 3.73. The van der Waals surface area contributed by atoms with Crippen LogP contribution in [-0.2, 0) is 5.41 Å². The maximum atomic E-state index is 11.0. The quantitative estimate of drug-likeness (QED) is 0.828. The van der Waals surface area contributed by atoms with Gasteiger partial charge in [-0.2, -0.15) is 0 Å². The monoisotopic (exact) mass is 218 g/mol.